The summed E-state index contributed by atoms with van der Waals surface area (Å²) in [4.78, 5) is 16.7. The van der Waals surface area contributed by atoms with E-state index in [1.54, 1.807) is 7.11 Å². The minimum absolute atomic E-state index is 0.0156. The molecule has 0 bridgehead atoms. The van der Waals surface area contributed by atoms with Crippen LogP contribution in [0.25, 0.3) is 0 Å². The fourth-order valence-electron chi connectivity index (χ4n) is 4.86. The van der Waals surface area contributed by atoms with Crippen LogP contribution in [-0.2, 0) is 12.0 Å². The van der Waals surface area contributed by atoms with Crippen molar-refractivity contribution in [2.75, 3.05) is 46.4 Å². The van der Waals surface area contributed by atoms with Crippen molar-refractivity contribution in [3.8, 4) is 5.75 Å². The molecule has 184 valence electrons. The molecular formula is C28H39N3O3. The molecule has 1 heterocycles. The van der Waals surface area contributed by atoms with Crippen molar-refractivity contribution in [3.63, 3.8) is 0 Å². The van der Waals surface area contributed by atoms with Gasteiger partial charge in [0.15, 0.2) is 0 Å². The first kappa shape index (κ1) is 25.9. The molecule has 1 saturated heterocycles. The molecule has 34 heavy (non-hydrogen) atoms. The van der Waals surface area contributed by atoms with E-state index in [1.807, 2.05) is 49.1 Å². The van der Waals surface area contributed by atoms with Crippen LogP contribution in [-0.4, -0.2) is 73.3 Å². The summed E-state index contributed by atoms with van der Waals surface area (Å²) < 4.78 is 5.82. The molecule has 2 aromatic rings. The van der Waals surface area contributed by atoms with E-state index in [4.69, 9.17) is 4.74 Å². The van der Waals surface area contributed by atoms with Crippen molar-refractivity contribution in [1.29, 1.82) is 0 Å². The molecule has 0 radical (unpaired) electrons. The van der Waals surface area contributed by atoms with Gasteiger partial charge in [-0.25, -0.2) is 0 Å². The van der Waals surface area contributed by atoms with Crippen LogP contribution in [0.1, 0.15) is 47.8 Å². The van der Waals surface area contributed by atoms with Crippen LogP contribution in [0.4, 0.5) is 0 Å². The van der Waals surface area contributed by atoms with E-state index in [0.29, 0.717) is 37.8 Å². The number of piperazine rings is 1. The van der Waals surface area contributed by atoms with Gasteiger partial charge in [0.05, 0.1) is 19.3 Å². The number of nitrogens with one attached hydrogen (secondary N) is 1. The van der Waals surface area contributed by atoms with Gasteiger partial charge >= 0.3 is 0 Å². The number of ether oxygens (including phenoxy) is 1. The molecule has 6 heteroatoms. The Balaban J connectivity index is 1.85. The molecule has 2 unspecified atom stereocenters. The SMILES string of the molecule is C=CCN1CC(C)NCC1(CO)c1ccc(Cc2ccc(C(=O)N(CC)CC)cc2)cc1OC. The molecule has 0 aliphatic carbocycles. The summed E-state index contributed by atoms with van der Waals surface area (Å²) in [5, 5.41) is 14.1. The molecule has 1 fully saturated rings. The van der Waals surface area contributed by atoms with Gasteiger partial charge in [0.1, 0.15) is 5.75 Å². The number of benzene rings is 2. The second-order valence-electron chi connectivity index (χ2n) is 9.05. The highest BCUT2D eigenvalue weighted by atomic mass is 16.5. The minimum atomic E-state index is -0.572. The molecule has 0 saturated carbocycles. The molecule has 2 atom stereocenters. The Bertz CT molecular complexity index is 971. The van der Waals surface area contributed by atoms with Gasteiger partial charge in [-0.15, -0.1) is 6.58 Å². The molecule has 1 aliphatic rings. The highest BCUT2D eigenvalue weighted by molar-refractivity contribution is 5.94. The second-order valence-corrected chi connectivity index (χ2v) is 9.05. The van der Waals surface area contributed by atoms with E-state index in [-0.39, 0.29) is 12.5 Å². The lowest BCUT2D eigenvalue weighted by atomic mass is 9.84. The average Bonchev–Trinajstić information content (AvgIpc) is 2.86. The molecule has 2 N–H and O–H groups in total. The molecule has 3 rings (SSSR count). The zero-order valence-corrected chi connectivity index (χ0v) is 21.0. The Morgan fingerprint density at radius 2 is 1.91 bits per heavy atom. The zero-order valence-electron chi connectivity index (χ0n) is 21.0. The fourth-order valence-corrected chi connectivity index (χ4v) is 4.86. The molecule has 2 aromatic carbocycles. The van der Waals surface area contributed by atoms with Gasteiger partial charge in [-0.3, -0.25) is 9.69 Å². The van der Waals surface area contributed by atoms with Gasteiger partial charge in [-0.1, -0.05) is 30.3 Å². The van der Waals surface area contributed by atoms with Crippen LogP contribution in [0.15, 0.2) is 55.1 Å². The summed E-state index contributed by atoms with van der Waals surface area (Å²) in [7, 11) is 1.68. The lowest BCUT2D eigenvalue weighted by Crippen LogP contribution is -2.63. The molecular weight excluding hydrogens is 426 g/mol. The fraction of sp³-hybridized carbons (Fsp3) is 0.464. The Morgan fingerprint density at radius 1 is 1.24 bits per heavy atom. The van der Waals surface area contributed by atoms with Crippen LogP contribution in [0, 0.1) is 0 Å². The van der Waals surface area contributed by atoms with E-state index in [9.17, 15) is 9.90 Å². The number of methoxy groups -OCH3 is 1. The summed E-state index contributed by atoms with van der Waals surface area (Å²) in [5.74, 6) is 0.835. The van der Waals surface area contributed by atoms with Crippen molar-refractivity contribution in [1.82, 2.24) is 15.1 Å². The van der Waals surface area contributed by atoms with Crippen LogP contribution >= 0.6 is 0 Å². The number of nitrogens with zero attached hydrogens (tertiary/aromatic N) is 2. The lowest BCUT2D eigenvalue weighted by Gasteiger charge is -2.49. The first-order valence-corrected chi connectivity index (χ1v) is 12.2. The first-order chi connectivity index (χ1) is 16.4. The third-order valence-corrected chi connectivity index (χ3v) is 6.88. The second kappa shape index (κ2) is 11.6. The quantitative estimate of drug-likeness (QED) is 0.527. The van der Waals surface area contributed by atoms with Crippen LogP contribution in [0.5, 0.6) is 5.75 Å². The van der Waals surface area contributed by atoms with E-state index >= 15 is 0 Å². The summed E-state index contributed by atoms with van der Waals surface area (Å²) in [6.45, 7) is 13.6. The Kier molecular flexibility index (Phi) is 8.89. The number of aliphatic hydroxyl groups excluding tert-OH is 1. The summed E-state index contributed by atoms with van der Waals surface area (Å²) in [6, 6.07) is 14.4. The molecule has 0 spiro atoms. The van der Waals surface area contributed by atoms with Crippen molar-refractivity contribution in [3.05, 3.63) is 77.4 Å². The normalized spacial score (nSPS) is 20.7. The maximum absolute atomic E-state index is 12.6. The largest absolute Gasteiger partial charge is 0.496 e. The number of hydrogen-bond donors (Lipinski definition) is 2. The number of carbonyl (C=O) groups excluding carboxylic acids is 1. The maximum atomic E-state index is 12.6. The predicted octanol–water partition coefficient (Wildman–Crippen LogP) is 3.44. The third-order valence-electron chi connectivity index (χ3n) is 6.88. The standard InChI is InChI=1S/C28H39N3O3/c1-6-15-31-18-21(4)29-19-28(31,20-32)25-14-11-23(17-26(25)34-5)16-22-9-12-24(13-10-22)27(33)30(7-2)8-3/h6,9-14,17,21,29,32H,1,7-8,15-16,18-20H2,2-5H3. The van der Waals surface area contributed by atoms with E-state index < -0.39 is 5.54 Å². The Morgan fingerprint density at radius 3 is 2.50 bits per heavy atom. The van der Waals surface area contributed by atoms with Crippen LogP contribution in [0.3, 0.4) is 0 Å². The monoisotopic (exact) mass is 465 g/mol. The molecule has 1 aliphatic heterocycles. The molecule has 1 amide bonds. The minimum Gasteiger partial charge on any atom is -0.496 e. The Labute approximate surface area is 204 Å². The third kappa shape index (κ3) is 5.35. The predicted molar refractivity (Wildman–Crippen MR) is 137 cm³/mol. The van der Waals surface area contributed by atoms with Crippen molar-refractivity contribution in [2.45, 2.75) is 38.8 Å². The highest BCUT2D eigenvalue weighted by Gasteiger charge is 2.43. The molecule has 6 nitrogen and oxygen atoms in total. The number of amides is 1. The number of rotatable bonds is 10. The van der Waals surface area contributed by atoms with E-state index in [1.165, 1.54) is 0 Å². The van der Waals surface area contributed by atoms with Crippen molar-refractivity contribution in [2.24, 2.45) is 0 Å². The van der Waals surface area contributed by atoms with Gasteiger partial charge in [0.25, 0.3) is 5.91 Å². The van der Waals surface area contributed by atoms with Crippen molar-refractivity contribution < 1.29 is 14.6 Å². The maximum Gasteiger partial charge on any atom is 0.253 e. The summed E-state index contributed by atoms with van der Waals surface area (Å²) >= 11 is 0. The van der Waals surface area contributed by atoms with E-state index in [0.717, 1.165) is 35.4 Å². The van der Waals surface area contributed by atoms with E-state index in [2.05, 4.69) is 41.9 Å². The van der Waals surface area contributed by atoms with Crippen LogP contribution in [0.2, 0.25) is 0 Å². The first-order valence-electron chi connectivity index (χ1n) is 12.2. The van der Waals surface area contributed by atoms with Crippen molar-refractivity contribution >= 4 is 5.91 Å². The topological polar surface area (TPSA) is 65.0 Å². The van der Waals surface area contributed by atoms with Gasteiger partial charge in [0, 0.05) is 49.9 Å². The van der Waals surface area contributed by atoms with Crippen LogP contribution < -0.4 is 10.1 Å². The highest BCUT2D eigenvalue weighted by Crippen LogP contribution is 2.37. The summed E-state index contributed by atoms with van der Waals surface area (Å²) in [6.07, 6.45) is 2.62. The molecule has 0 aromatic heterocycles. The van der Waals surface area contributed by atoms with Gasteiger partial charge in [-0.05, 0) is 56.5 Å². The zero-order chi connectivity index (χ0) is 24.7. The van der Waals surface area contributed by atoms with Gasteiger partial charge in [-0.2, -0.15) is 0 Å². The number of carbonyl (C=O) groups is 1. The number of hydrogen-bond acceptors (Lipinski definition) is 5. The average molecular weight is 466 g/mol. The Hall–Kier alpha value is -2.67. The van der Waals surface area contributed by atoms with Gasteiger partial charge < -0.3 is 20.1 Å². The van der Waals surface area contributed by atoms with Gasteiger partial charge in [0.2, 0.25) is 0 Å². The lowest BCUT2D eigenvalue weighted by molar-refractivity contribution is 0.000541. The summed E-state index contributed by atoms with van der Waals surface area (Å²) in [5.41, 5.74) is 3.36. The smallest absolute Gasteiger partial charge is 0.253 e. The number of aliphatic hydroxyl groups is 1.